The number of aromatic nitrogens is 1. The van der Waals surface area contributed by atoms with Crippen LogP contribution in [0, 0.1) is 23.4 Å². The average molecular weight is 306 g/mol. The molecule has 0 aliphatic rings. The van der Waals surface area contributed by atoms with Crippen molar-refractivity contribution in [2.45, 2.75) is 4.90 Å². The molecular formula is C11H6F4N2O2S. The van der Waals surface area contributed by atoms with Crippen molar-refractivity contribution < 1.29 is 26.0 Å². The molecule has 0 fully saturated rings. The number of pyridine rings is 1. The number of hydrogen-bond acceptors (Lipinski definition) is 3. The molecule has 0 spiro atoms. The quantitative estimate of drug-likeness (QED) is 0.700. The number of sulfonamides is 1. The summed E-state index contributed by atoms with van der Waals surface area (Å²) in [5, 5.41) is 0. The first-order valence-corrected chi connectivity index (χ1v) is 6.57. The molecule has 2 rings (SSSR count). The molecule has 1 heterocycles. The Bertz CT molecular complexity index is 725. The van der Waals surface area contributed by atoms with Crippen LogP contribution in [-0.2, 0) is 10.0 Å². The van der Waals surface area contributed by atoms with Gasteiger partial charge in [0.15, 0.2) is 4.90 Å². The number of benzene rings is 1. The van der Waals surface area contributed by atoms with Crippen LogP contribution in [0.1, 0.15) is 0 Å². The van der Waals surface area contributed by atoms with E-state index in [1.165, 1.54) is 0 Å². The molecule has 1 N–H and O–H groups in total. The van der Waals surface area contributed by atoms with Crippen LogP contribution in [0.15, 0.2) is 35.4 Å². The normalized spacial score (nSPS) is 11.4. The molecule has 0 aliphatic carbocycles. The molecule has 20 heavy (non-hydrogen) atoms. The van der Waals surface area contributed by atoms with E-state index in [2.05, 4.69) is 4.98 Å². The van der Waals surface area contributed by atoms with Gasteiger partial charge in [-0.05, 0) is 12.1 Å². The van der Waals surface area contributed by atoms with Gasteiger partial charge in [0.25, 0.3) is 10.0 Å². The van der Waals surface area contributed by atoms with Crippen molar-refractivity contribution >= 4 is 15.7 Å². The van der Waals surface area contributed by atoms with Gasteiger partial charge in [-0.1, -0.05) is 0 Å². The van der Waals surface area contributed by atoms with Crippen molar-refractivity contribution in [3.63, 3.8) is 0 Å². The lowest BCUT2D eigenvalue weighted by molar-refractivity contribution is 0.498. The molecule has 2 aromatic rings. The van der Waals surface area contributed by atoms with Crippen molar-refractivity contribution in [2.24, 2.45) is 0 Å². The molecule has 4 nitrogen and oxygen atoms in total. The zero-order chi connectivity index (χ0) is 14.9. The minimum Gasteiger partial charge on any atom is -0.278 e. The van der Waals surface area contributed by atoms with Gasteiger partial charge in [-0.3, -0.25) is 4.72 Å². The number of hydrogen-bond donors (Lipinski definition) is 1. The number of halogens is 4. The smallest absolute Gasteiger partial charge is 0.267 e. The highest BCUT2D eigenvalue weighted by atomic mass is 32.2. The van der Waals surface area contributed by atoms with E-state index >= 15 is 0 Å². The fourth-order valence-corrected chi connectivity index (χ4v) is 2.59. The summed E-state index contributed by atoms with van der Waals surface area (Å²) in [6, 6.07) is 2.34. The molecule has 1 aromatic carbocycles. The van der Waals surface area contributed by atoms with E-state index in [1.807, 2.05) is 0 Å². The minimum absolute atomic E-state index is 0.200. The molecule has 0 aliphatic heterocycles. The standard InChI is InChI=1S/C11H6F4N2O2S/c12-6-3-8(13)11(9(14)4-6)20(18,19)17-7-1-2-10(15)16-5-7/h1-5,17H. The Morgan fingerprint density at radius 2 is 1.60 bits per heavy atom. The fourth-order valence-electron chi connectivity index (χ4n) is 1.43. The molecule has 0 unspecified atom stereocenters. The maximum Gasteiger partial charge on any atom is 0.267 e. The van der Waals surface area contributed by atoms with Gasteiger partial charge in [0.1, 0.15) is 17.5 Å². The van der Waals surface area contributed by atoms with E-state index in [0.29, 0.717) is 0 Å². The average Bonchev–Trinajstić information content (AvgIpc) is 2.30. The minimum atomic E-state index is -4.63. The Morgan fingerprint density at radius 3 is 2.10 bits per heavy atom. The highest BCUT2D eigenvalue weighted by Gasteiger charge is 2.25. The van der Waals surface area contributed by atoms with E-state index in [-0.39, 0.29) is 17.8 Å². The molecule has 0 amide bonds. The Morgan fingerprint density at radius 1 is 1.00 bits per heavy atom. The van der Waals surface area contributed by atoms with Crippen molar-refractivity contribution in [3.8, 4) is 0 Å². The highest BCUT2D eigenvalue weighted by molar-refractivity contribution is 7.92. The first-order chi connectivity index (χ1) is 9.29. The first-order valence-electron chi connectivity index (χ1n) is 5.08. The van der Waals surface area contributed by atoms with Crippen LogP contribution in [0.2, 0.25) is 0 Å². The van der Waals surface area contributed by atoms with E-state index in [0.717, 1.165) is 18.3 Å². The lowest BCUT2D eigenvalue weighted by Crippen LogP contribution is -2.17. The van der Waals surface area contributed by atoms with Crippen LogP contribution in [0.4, 0.5) is 23.2 Å². The van der Waals surface area contributed by atoms with Gasteiger partial charge in [-0.15, -0.1) is 0 Å². The van der Waals surface area contributed by atoms with Crippen LogP contribution in [0.25, 0.3) is 0 Å². The molecule has 1 aromatic heterocycles. The third-order valence-electron chi connectivity index (χ3n) is 2.21. The first kappa shape index (κ1) is 14.3. The topological polar surface area (TPSA) is 59.1 Å². The second-order valence-corrected chi connectivity index (χ2v) is 5.29. The van der Waals surface area contributed by atoms with E-state index in [1.54, 1.807) is 4.72 Å². The zero-order valence-corrected chi connectivity index (χ0v) is 10.4. The summed E-state index contributed by atoms with van der Waals surface area (Å²) < 4.78 is 77.5. The van der Waals surface area contributed by atoms with Crippen molar-refractivity contribution in [1.82, 2.24) is 4.98 Å². The highest BCUT2D eigenvalue weighted by Crippen LogP contribution is 2.22. The van der Waals surface area contributed by atoms with Crippen molar-refractivity contribution in [3.05, 3.63) is 53.9 Å². The third kappa shape index (κ3) is 2.87. The Kier molecular flexibility index (Phi) is 3.62. The van der Waals surface area contributed by atoms with Crippen molar-refractivity contribution in [1.29, 1.82) is 0 Å². The lowest BCUT2D eigenvalue weighted by Gasteiger charge is -2.09. The SMILES string of the molecule is O=S(=O)(Nc1ccc(F)nc1)c1c(F)cc(F)cc1F. The van der Waals surface area contributed by atoms with Gasteiger partial charge < -0.3 is 0 Å². The zero-order valence-electron chi connectivity index (χ0n) is 9.57. The van der Waals surface area contributed by atoms with Crippen LogP contribution in [-0.4, -0.2) is 13.4 Å². The number of nitrogens with zero attached hydrogens (tertiary/aromatic N) is 1. The molecule has 0 saturated carbocycles. The lowest BCUT2D eigenvalue weighted by atomic mass is 10.3. The van der Waals surface area contributed by atoms with Crippen LogP contribution in [0.5, 0.6) is 0 Å². The second-order valence-electron chi connectivity index (χ2n) is 3.67. The summed E-state index contributed by atoms with van der Waals surface area (Å²) in [6.07, 6.45) is 0.826. The fraction of sp³-hybridized carbons (Fsp3) is 0. The Labute approximate surface area is 111 Å². The van der Waals surface area contributed by atoms with Gasteiger partial charge in [-0.25, -0.2) is 26.6 Å². The van der Waals surface area contributed by atoms with Gasteiger partial charge in [0.2, 0.25) is 5.95 Å². The second kappa shape index (κ2) is 5.08. The summed E-state index contributed by atoms with van der Waals surface area (Å²) >= 11 is 0. The molecule has 0 radical (unpaired) electrons. The molecule has 0 saturated heterocycles. The molecule has 0 bridgehead atoms. The van der Waals surface area contributed by atoms with E-state index < -0.39 is 38.3 Å². The van der Waals surface area contributed by atoms with E-state index in [9.17, 15) is 26.0 Å². The maximum atomic E-state index is 13.4. The van der Waals surface area contributed by atoms with Gasteiger partial charge in [0.05, 0.1) is 11.9 Å². The summed E-state index contributed by atoms with van der Waals surface area (Å²) in [5.74, 6) is -5.26. The Balaban J connectivity index is 2.43. The Hall–Kier alpha value is -2.16. The number of nitrogens with one attached hydrogen (secondary N) is 1. The van der Waals surface area contributed by atoms with Crippen LogP contribution in [0.3, 0.4) is 0 Å². The molecule has 106 valence electrons. The third-order valence-corrected chi connectivity index (χ3v) is 3.64. The van der Waals surface area contributed by atoms with Gasteiger partial charge >= 0.3 is 0 Å². The van der Waals surface area contributed by atoms with Crippen LogP contribution >= 0.6 is 0 Å². The maximum absolute atomic E-state index is 13.4. The summed E-state index contributed by atoms with van der Waals surface area (Å²) in [7, 11) is -4.63. The van der Waals surface area contributed by atoms with Gasteiger partial charge in [0, 0.05) is 12.1 Å². The summed E-state index contributed by atoms with van der Waals surface area (Å²) in [4.78, 5) is 1.84. The van der Waals surface area contributed by atoms with Gasteiger partial charge in [-0.2, -0.15) is 4.39 Å². The molecular weight excluding hydrogens is 300 g/mol. The number of anilines is 1. The summed E-state index contributed by atoms with van der Waals surface area (Å²) in [6.45, 7) is 0. The number of rotatable bonds is 3. The predicted octanol–water partition coefficient (Wildman–Crippen LogP) is 2.44. The monoisotopic (exact) mass is 306 g/mol. The predicted molar refractivity (Wildman–Crippen MR) is 61.3 cm³/mol. The van der Waals surface area contributed by atoms with Crippen molar-refractivity contribution in [2.75, 3.05) is 4.72 Å². The molecule has 9 heteroatoms. The summed E-state index contributed by atoms with van der Waals surface area (Å²) in [5.41, 5.74) is -0.200. The van der Waals surface area contributed by atoms with E-state index in [4.69, 9.17) is 0 Å². The largest absolute Gasteiger partial charge is 0.278 e. The molecule has 0 atom stereocenters. The van der Waals surface area contributed by atoms with Crippen LogP contribution < -0.4 is 4.72 Å².